The molecule has 0 saturated heterocycles. The lowest BCUT2D eigenvalue weighted by molar-refractivity contribution is -0.0143. The summed E-state index contributed by atoms with van der Waals surface area (Å²) in [5.41, 5.74) is 6.34. The van der Waals surface area contributed by atoms with Crippen molar-refractivity contribution in [2.24, 2.45) is 10.9 Å². The number of aryl methyl sites for hydroxylation is 1. The maximum absolute atomic E-state index is 10.9. The molecule has 0 unspecified atom stereocenters. The van der Waals surface area contributed by atoms with Crippen LogP contribution in [-0.2, 0) is 25.4 Å². The molecule has 10 heteroatoms. The van der Waals surface area contributed by atoms with Gasteiger partial charge in [-0.15, -0.1) is 4.28 Å². The van der Waals surface area contributed by atoms with E-state index >= 15 is 0 Å². The molecule has 0 bridgehead atoms. The summed E-state index contributed by atoms with van der Waals surface area (Å²) in [6.45, 7) is 0.275. The number of aromatic nitrogens is 2. The molecule has 2 rings (SSSR count). The Hall–Kier alpha value is -1.81. The Kier molecular flexibility index (Phi) is 3.15. The molecule has 0 aliphatic carbocycles. The fourth-order valence-corrected chi connectivity index (χ4v) is 1.84. The fourth-order valence-electron chi connectivity index (χ4n) is 1.28. The Bertz CT molecular complexity index is 496. The largest absolute Gasteiger partial charge is 0.491 e. The lowest BCUT2D eigenvalue weighted by Crippen LogP contribution is -2.43. The van der Waals surface area contributed by atoms with Crippen molar-refractivity contribution in [3.05, 3.63) is 18.2 Å². The summed E-state index contributed by atoms with van der Waals surface area (Å²) in [7, 11) is -4.11. The highest BCUT2D eigenvalue weighted by Crippen LogP contribution is 2.09. The highest BCUT2D eigenvalue weighted by atomic mass is 32.3. The van der Waals surface area contributed by atoms with Crippen LogP contribution in [0.15, 0.2) is 17.7 Å². The van der Waals surface area contributed by atoms with E-state index in [1.54, 1.807) is 12.5 Å². The first-order valence-corrected chi connectivity index (χ1v) is 6.11. The zero-order valence-electron chi connectivity index (χ0n) is 8.74. The van der Waals surface area contributed by atoms with Crippen LogP contribution in [0.4, 0.5) is 0 Å². The van der Waals surface area contributed by atoms with Gasteiger partial charge in [0.2, 0.25) is 0 Å². The Morgan fingerprint density at radius 2 is 2.35 bits per heavy atom. The molecule has 1 aromatic heterocycles. The van der Waals surface area contributed by atoms with Gasteiger partial charge in [-0.1, -0.05) is 0 Å². The number of hydrogen-bond acceptors (Lipinski definition) is 8. The van der Waals surface area contributed by atoms with Crippen molar-refractivity contribution in [2.45, 2.75) is 12.8 Å². The van der Waals surface area contributed by atoms with Crippen LogP contribution in [0.5, 0.6) is 0 Å². The maximum Gasteiger partial charge on any atom is 0.491 e. The van der Waals surface area contributed by atoms with Gasteiger partial charge in [-0.25, -0.2) is 9.27 Å². The summed E-state index contributed by atoms with van der Waals surface area (Å²) < 4.78 is 30.4. The van der Waals surface area contributed by atoms with Crippen molar-refractivity contribution in [1.82, 2.24) is 15.0 Å². The summed E-state index contributed by atoms with van der Waals surface area (Å²) in [4.78, 5) is 6.79. The first kappa shape index (κ1) is 11.7. The molecule has 0 aromatic carbocycles. The number of H-pyrrole nitrogens is 1. The van der Waals surface area contributed by atoms with Crippen molar-refractivity contribution in [3.63, 3.8) is 0 Å². The lowest BCUT2D eigenvalue weighted by Gasteiger charge is -2.22. The first-order chi connectivity index (χ1) is 8.07. The van der Waals surface area contributed by atoms with Crippen molar-refractivity contribution in [2.75, 3.05) is 6.54 Å². The minimum absolute atomic E-state index is 0.135. The van der Waals surface area contributed by atoms with Crippen LogP contribution >= 0.6 is 0 Å². The van der Waals surface area contributed by atoms with Gasteiger partial charge in [0.05, 0.1) is 12.9 Å². The van der Waals surface area contributed by atoms with Gasteiger partial charge in [-0.05, 0) is 18.0 Å². The Labute approximate surface area is 97.5 Å². The van der Waals surface area contributed by atoms with Gasteiger partial charge in [0.25, 0.3) is 5.96 Å². The molecular formula is C7H11N5O4S. The molecule has 0 saturated carbocycles. The van der Waals surface area contributed by atoms with E-state index in [1.807, 2.05) is 0 Å². The van der Waals surface area contributed by atoms with Gasteiger partial charge in [-0.3, -0.25) is 0 Å². The van der Waals surface area contributed by atoms with Crippen molar-refractivity contribution < 1.29 is 17.0 Å². The van der Waals surface area contributed by atoms with E-state index in [1.165, 1.54) is 0 Å². The van der Waals surface area contributed by atoms with E-state index in [9.17, 15) is 8.42 Å². The Balaban J connectivity index is 1.86. The standard InChI is InChI=1S/C7H11N5O4S/c8-7-11-15-17(13,14)16-12(7)3-1-2-6-4-9-5-10-6/h4-5H,1-3H2,(H2,8,11)(H,9,10). The average molecular weight is 261 g/mol. The number of hydrogen-bond donors (Lipinski definition) is 2. The number of nitrogens with two attached hydrogens (primary N) is 1. The first-order valence-electron chi connectivity index (χ1n) is 4.78. The number of rotatable bonds is 4. The third-order valence-electron chi connectivity index (χ3n) is 2.02. The molecule has 3 N–H and O–H groups in total. The number of nitrogens with zero attached hydrogens (tertiary/aromatic N) is 3. The van der Waals surface area contributed by atoms with Gasteiger partial charge in [0.15, 0.2) is 0 Å². The lowest BCUT2D eigenvalue weighted by atomic mass is 10.2. The number of guanidine groups is 1. The van der Waals surface area contributed by atoms with Gasteiger partial charge in [0, 0.05) is 11.9 Å². The van der Waals surface area contributed by atoms with E-state index in [0.29, 0.717) is 12.8 Å². The predicted molar refractivity (Wildman–Crippen MR) is 56.3 cm³/mol. The van der Waals surface area contributed by atoms with E-state index in [-0.39, 0.29) is 12.5 Å². The van der Waals surface area contributed by atoms with E-state index < -0.39 is 10.4 Å². The molecule has 0 amide bonds. The van der Waals surface area contributed by atoms with Crippen LogP contribution in [0.1, 0.15) is 12.1 Å². The second-order valence-electron chi connectivity index (χ2n) is 3.29. The van der Waals surface area contributed by atoms with Crippen LogP contribution in [0.2, 0.25) is 0 Å². The number of nitrogens with one attached hydrogen (secondary N) is 1. The minimum Gasteiger partial charge on any atom is -0.365 e. The molecule has 0 spiro atoms. The summed E-state index contributed by atoms with van der Waals surface area (Å²) in [5.74, 6) is -0.135. The molecule has 0 atom stereocenters. The summed E-state index contributed by atoms with van der Waals surface area (Å²) >= 11 is 0. The average Bonchev–Trinajstić information content (AvgIpc) is 2.76. The monoisotopic (exact) mass is 261 g/mol. The smallest absolute Gasteiger partial charge is 0.365 e. The van der Waals surface area contributed by atoms with E-state index in [4.69, 9.17) is 5.73 Å². The van der Waals surface area contributed by atoms with Crippen LogP contribution in [0, 0.1) is 0 Å². The van der Waals surface area contributed by atoms with E-state index in [0.717, 1.165) is 10.8 Å². The van der Waals surface area contributed by atoms with Gasteiger partial charge < -0.3 is 10.7 Å². The number of oxime groups is 1. The quantitative estimate of drug-likeness (QED) is 0.718. The summed E-state index contributed by atoms with van der Waals surface area (Å²) in [5, 5.41) is 4.13. The number of aromatic amines is 1. The number of imidazole rings is 1. The fraction of sp³-hybridized carbons (Fsp3) is 0.429. The third-order valence-corrected chi connectivity index (χ3v) is 2.64. The maximum atomic E-state index is 10.9. The van der Waals surface area contributed by atoms with Crippen molar-refractivity contribution >= 4 is 16.4 Å². The van der Waals surface area contributed by atoms with Crippen molar-refractivity contribution in [3.8, 4) is 0 Å². The third kappa shape index (κ3) is 3.07. The van der Waals surface area contributed by atoms with E-state index in [2.05, 4.69) is 23.7 Å². The molecule has 1 aromatic rings. The molecule has 0 fully saturated rings. The molecule has 1 aliphatic rings. The molecule has 17 heavy (non-hydrogen) atoms. The Morgan fingerprint density at radius 3 is 3.06 bits per heavy atom. The zero-order valence-corrected chi connectivity index (χ0v) is 9.55. The van der Waals surface area contributed by atoms with Crippen LogP contribution < -0.4 is 5.73 Å². The highest BCUT2D eigenvalue weighted by Gasteiger charge is 2.26. The second-order valence-corrected chi connectivity index (χ2v) is 4.40. The molecule has 94 valence electrons. The SMILES string of the molecule is NC1=NOS(=O)(=O)ON1CCCc1cnc[nH]1. The normalized spacial score (nSPS) is 18.6. The second kappa shape index (κ2) is 4.59. The minimum atomic E-state index is -4.11. The van der Waals surface area contributed by atoms with Crippen LogP contribution in [0.25, 0.3) is 0 Å². The summed E-state index contributed by atoms with van der Waals surface area (Å²) in [6.07, 6.45) is 4.57. The van der Waals surface area contributed by atoms with Gasteiger partial charge >= 0.3 is 10.4 Å². The number of hydroxylamine groups is 2. The van der Waals surface area contributed by atoms with Crippen LogP contribution in [-0.4, -0.2) is 36.0 Å². The molecule has 9 nitrogen and oxygen atoms in total. The van der Waals surface area contributed by atoms with Crippen LogP contribution in [0.3, 0.4) is 0 Å². The van der Waals surface area contributed by atoms with Gasteiger partial charge in [-0.2, -0.15) is 13.5 Å². The molecule has 2 heterocycles. The highest BCUT2D eigenvalue weighted by molar-refractivity contribution is 7.81. The topological polar surface area (TPSA) is 123 Å². The van der Waals surface area contributed by atoms with Crippen molar-refractivity contribution in [1.29, 1.82) is 0 Å². The zero-order chi connectivity index (χ0) is 12.3. The Morgan fingerprint density at radius 1 is 1.53 bits per heavy atom. The summed E-state index contributed by atoms with van der Waals surface area (Å²) in [6, 6.07) is 0. The molecule has 1 aliphatic heterocycles. The predicted octanol–water partition coefficient (Wildman–Crippen LogP) is -0.919. The van der Waals surface area contributed by atoms with Gasteiger partial charge in [0.1, 0.15) is 0 Å². The molecular weight excluding hydrogens is 250 g/mol. The molecule has 0 radical (unpaired) electrons.